The summed E-state index contributed by atoms with van der Waals surface area (Å²) in [6.45, 7) is 14.6. The number of alkyl carbamates (subject to hydrolysis) is 1. The fourth-order valence-electron chi connectivity index (χ4n) is 4.49. The molecule has 0 bridgehead atoms. The number of hydrogen-bond donors (Lipinski definition) is 4. The highest BCUT2D eigenvalue weighted by Gasteiger charge is 2.22. The van der Waals surface area contributed by atoms with Crippen molar-refractivity contribution in [2.45, 2.75) is 60.8 Å². The standard InChI is InChI=1S/C31H44FN5O5/c1-7-11-27(38)33-14-10-17-42-31(41)36-29(39)25(24-18-23(32)13-12-20(24)4)19-26-21(5)28(22(6)35-26)30(40)34-15-16-37(8-2)9-3/h12-13,18-19,35H,7-11,14-17H2,1-6H3,(H,33,38)(H,34,40)(H,36,39,41)/b25-19-. The van der Waals surface area contributed by atoms with Crippen LogP contribution in [0.5, 0.6) is 0 Å². The number of amides is 4. The van der Waals surface area contributed by atoms with Crippen molar-refractivity contribution in [3.63, 3.8) is 0 Å². The minimum Gasteiger partial charge on any atom is -0.449 e. The molecule has 0 aliphatic carbocycles. The van der Waals surface area contributed by atoms with Crippen molar-refractivity contribution in [1.82, 2.24) is 25.8 Å². The first kappa shape index (κ1) is 34.2. The molecule has 2 aromatic rings. The zero-order chi connectivity index (χ0) is 31.2. The Bertz CT molecular complexity index is 1280. The van der Waals surface area contributed by atoms with Crippen LogP contribution in [0.25, 0.3) is 11.6 Å². The molecule has 42 heavy (non-hydrogen) atoms. The number of halogens is 1. The van der Waals surface area contributed by atoms with E-state index in [1.54, 1.807) is 26.8 Å². The van der Waals surface area contributed by atoms with Crippen molar-refractivity contribution in [2.75, 3.05) is 39.3 Å². The third kappa shape index (κ3) is 10.1. The van der Waals surface area contributed by atoms with Gasteiger partial charge in [-0.1, -0.05) is 26.8 Å². The molecule has 0 saturated carbocycles. The second-order valence-corrected chi connectivity index (χ2v) is 10.0. The van der Waals surface area contributed by atoms with Gasteiger partial charge < -0.3 is 25.3 Å². The van der Waals surface area contributed by atoms with Gasteiger partial charge in [0.25, 0.3) is 11.8 Å². The molecule has 1 aromatic carbocycles. The summed E-state index contributed by atoms with van der Waals surface area (Å²) < 4.78 is 19.4. The summed E-state index contributed by atoms with van der Waals surface area (Å²) >= 11 is 0. The number of nitrogens with one attached hydrogen (secondary N) is 4. The Morgan fingerprint density at radius 2 is 1.74 bits per heavy atom. The van der Waals surface area contributed by atoms with E-state index < -0.39 is 17.8 Å². The Hall–Kier alpha value is -3.99. The summed E-state index contributed by atoms with van der Waals surface area (Å²) in [5, 5.41) is 7.87. The zero-order valence-corrected chi connectivity index (χ0v) is 25.5. The largest absolute Gasteiger partial charge is 0.449 e. The Labute approximate surface area is 247 Å². The number of aryl methyl sites for hydroxylation is 2. The Morgan fingerprint density at radius 3 is 2.40 bits per heavy atom. The molecule has 11 heteroatoms. The lowest BCUT2D eigenvalue weighted by molar-refractivity contribution is -0.121. The summed E-state index contributed by atoms with van der Waals surface area (Å²) in [6.07, 6.45) is 2.08. The van der Waals surface area contributed by atoms with Gasteiger partial charge in [0.05, 0.1) is 12.2 Å². The molecule has 0 radical (unpaired) electrons. The molecule has 1 aromatic heterocycles. The van der Waals surface area contributed by atoms with Crippen LogP contribution in [0.2, 0.25) is 0 Å². The number of nitrogens with zero attached hydrogens (tertiary/aromatic N) is 1. The van der Waals surface area contributed by atoms with E-state index in [0.717, 1.165) is 26.1 Å². The maximum absolute atomic E-state index is 14.3. The summed E-state index contributed by atoms with van der Waals surface area (Å²) in [5.74, 6) is -1.65. The second-order valence-electron chi connectivity index (χ2n) is 10.0. The first-order valence-corrected chi connectivity index (χ1v) is 14.4. The van der Waals surface area contributed by atoms with Gasteiger partial charge in [0, 0.05) is 43.0 Å². The molecule has 0 saturated heterocycles. The molecule has 0 unspecified atom stereocenters. The third-order valence-corrected chi connectivity index (χ3v) is 6.90. The molecule has 4 N–H and O–H groups in total. The molecule has 2 rings (SSSR count). The molecule has 0 aliphatic heterocycles. The normalized spacial score (nSPS) is 11.4. The highest BCUT2D eigenvalue weighted by molar-refractivity contribution is 6.27. The summed E-state index contributed by atoms with van der Waals surface area (Å²) in [6, 6.07) is 4.04. The lowest BCUT2D eigenvalue weighted by Crippen LogP contribution is -2.35. The summed E-state index contributed by atoms with van der Waals surface area (Å²) in [5.41, 5.74) is 3.09. The van der Waals surface area contributed by atoms with Crippen molar-refractivity contribution in [1.29, 1.82) is 0 Å². The number of hydrogen-bond acceptors (Lipinski definition) is 6. The minimum absolute atomic E-state index is 0.00870. The number of likely N-dealkylation sites (N-methyl/N-ethyl adjacent to an activating group) is 1. The minimum atomic E-state index is -0.965. The fraction of sp³-hybridized carbons (Fsp3) is 0.484. The van der Waals surface area contributed by atoms with Gasteiger partial charge in [0.1, 0.15) is 5.82 Å². The van der Waals surface area contributed by atoms with Gasteiger partial charge in [-0.2, -0.15) is 0 Å². The topological polar surface area (TPSA) is 133 Å². The van der Waals surface area contributed by atoms with Crippen molar-refractivity contribution in [3.8, 4) is 0 Å². The van der Waals surface area contributed by atoms with Gasteiger partial charge in [-0.25, -0.2) is 9.18 Å². The zero-order valence-electron chi connectivity index (χ0n) is 25.5. The van der Waals surface area contributed by atoms with Crippen LogP contribution in [-0.2, 0) is 14.3 Å². The van der Waals surface area contributed by atoms with Crippen molar-refractivity contribution < 1.29 is 28.3 Å². The summed E-state index contributed by atoms with van der Waals surface area (Å²) in [4.78, 5) is 55.6. The molecule has 0 atom stereocenters. The van der Waals surface area contributed by atoms with Gasteiger partial charge in [-0.15, -0.1) is 0 Å². The maximum atomic E-state index is 14.3. The maximum Gasteiger partial charge on any atom is 0.414 e. The lowest BCUT2D eigenvalue weighted by Gasteiger charge is -2.18. The van der Waals surface area contributed by atoms with Crippen molar-refractivity contribution in [2.24, 2.45) is 0 Å². The molecule has 0 fully saturated rings. The van der Waals surface area contributed by atoms with E-state index in [-0.39, 0.29) is 29.6 Å². The van der Waals surface area contributed by atoms with E-state index >= 15 is 0 Å². The highest BCUT2D eigenvalue weighted by Crippen LogP contribution is 2.26. The van der Waals surface area contributed by atoms with Gasteiger partial charge in [0.15, 0.2) is 0 Å². The number of carbonyl (C=O) groups excluding carboxylic acids is 4. The number of benzene rings is 1. The van der Waals surface area contributed by atoms with Crippen LogP contribution >= 0.6 is 0 Å². The number of imide groups is 1. The van der Waals surface area contributed by atoms with Crippen LogP contribution < -0.4 is 16.0 Å². The Balaban J connectivity index is 2.24. The predicted octanol–water partition coefficient (Wildman–Crippen LogP) is 4.25. The molecular formula is C31H44FN5O5. The van der Waals surface area contributed by atoms with E-state index in [1.807, 2.05) is 6.92 Å². The number of aromatic amines is 1. The lowest BCUT2D eigenvalue weighted by atomic mass is 9.97. The third-order valence-electron chi connectivity index (χ3n) is 6.90. The van der Waals surface area contributed by atoms with Crippen LogP contribution in [0.1, 0.15) is 78.5 Å². The quantitative estimate of drug-likeness (QED) is 0.183. The first-order chi connectivity index (χ1) is 20.0. The average Bonchev–Trinajstić information content (AvgIpc) is 3.23. The number of ether oxygens (including phenoxy) is 1. The fourth-order valence-corrected chi connectivity index (χ4v) is 4.49. The monoisotopic (exact) mass is 585 g/mol. The number of H-pyrrole nitrogens is 1. The number of aromatic nitrogens is 1. The van der Waals surface area contributed by atoms with E-state index in [0.29, 0.717) is 54.0 Å². The van der Waals surface area contributed by atoms with E-state index in [9.17, 15) is 23.6 Å². The smallest absolute Gasteiger partial charge is 0.414 e. The van der Waals surface area contributed by atoms with Crippen molar-refractivity contribution >= 4 is 35.5 Å². The van der Waals surface area contributed by atoms with Gasteiger partial charge in [-0.3, -0.25) is 19.7 Å². The van der Waals surface area contributed by atoms with Crippen LogP contribution in [0, 0.1) is 26.6 Å². The molecule has 4 amide bonds. The predicted molar refractivity (Wildman–Crippen MR) is 161 cm³/mol. The molecule has 0 spiro atoms. The molecular weight excluding hydrogens is 541 g/mol. The van der Waals surface area contributed by atoms with E-state index in [1.165, 1.54) is 18.2 Å². The average molecular weight is 586 g/mol. The highest BCUT2D eigenvalue weighted by atomic mass is 19.1. The SMILES string of the molecule is CCCC(=O)NCCCOC(=O)NC(=O)/C(=C\c1[nH]c(C)c(C(=O)NCCN(CC)CC)c1C)c1cc(F)ccc1C. The van der Waals surface area contributed by atoms with Gasteiger partial charge in [-0.05, 0) is 81.6 Å². The van der Waals surface area contributed by atoms with Crippen LogP contribution in [-0.4, -0.2) is 73.0 Å². The molecule has 1 heterocycles. The summed E-state index contributed by atoms with van der Waals surface area (Å²) in [7, 11) is 0. The Morgan fingerprint density at radius 1 is 1.02 bits per heavy atom. The van der Waals surface area contributed by atoms with Crippen LogP contribution in [0.15, 0.2) is 18.2 Å². The first-order valence-electron chi connectivity index (χ1n) is 14.4. The molecule has 0 aliphatic rings. The van der Waals surface area contributed by atoms with E-state index in [4.69, 9.17) is 4.74 Å². The second kappa shape index (κ2) is 17.1. The number of rotatable bonds is 15. The Kier molecular flexibility index (Phi) is 13.9. The molecule has 230 valence electrons. The van der Waals surface area contributed by atoms with Crippen LogP contribution in [0.3, 0.4) is 0 Å². The van der Waals surface area contributed by atoms with Crippen LogP contribution in [0.4, 0.5) is 9.18 Å². The van der Waals surface area contributed by atoms with Gasteiger partial charge in [0.2, 0.25) is 5.91 Å². The number of carbonyl (C=O) groups is 4. The molecule has 10 nitrogen and oxygen atoms in total. The van der Waals surface area contributed by atoms with Crippen molar-refractivity contribution in [3.05, 3.63) is 57.7 Å². The van der Waals surface area contributed by atoms with Gasteiger partial charge >= 0.3 is 6.09 Å². The van der Waals surface area contributed by atoms with E-state index in [2.05, 4.69) is 39.7 Å².